The Labute approximate surface area is 158 Å². The lowest BCUT2D eigenvalue weighted by atomic mass is 10.2. The van der Waals surface area contributed by atoms with E-state index >= 15 is 0 Å². The number of nitrogens with zero attached hydrogens (tertiary/aromatic N) is 1. The van der Waals surface area contributed by atoms with Crippen molar-refractivity contribution >= 4 is 45.6 Å². The molecule has 2 amide bonds. The molecule has 0 atom stereocenters. The molecule has 132 valence electrons. The van der Waals surface area contributed by atoms with Crippen molar-refractivity contribution < 1.29 is 14.3 Å². The van der Waals surface area contributed by atoms with Crippen LogP contribution in [0.2, 0.25) is 5.02 Å². The summed E-state index contributed by atoms with van der Waals surface area (Å²) in [6.07, 6.45) is 0. The summed E-state index contributed by atoms with van der Waals surface area (Å²) in [5.41, 5.74) is 1.29. The number of methoxy groups -OCH3 is 1. The van der Waals surface area contributed by atoms with Gasteiger partial charge in [0.2, 0.25) is 0 Å². The zero-order valence-electron chi connectivity index (χ0n) is 13.7. The monoisotopic (exact) mass is 387 g/mol. The molecule has 0 spiro atoms. The van der Waals surface area contributed by atoms with Crippen LogP contribution in [0.5, 0.6) is 5.75 Å². The highest BCUT2D eigenvalue weighted by molar-refractivity contribution is 7.14. The van der Waals surface area contributed by atoms with E-state index in [4.69, 9.17) is 16.3 Å². The van der Waals surface area contributed by atoms with Crippen LogP contribution in [0, 0.1) is 0 Å². The molecule has 3 rings (SSSR count). The van der Waals surface area contributed by atoms with E-state index in [1.54, 1.807) is 61.0 Å². The Bertz CT molecular complexity index is 924. The fourth-order valence-electron chi connectivity index (χ4n) is 2.08. The molecule has 2 aromatic carbocycles. The Morgan fingerprint density at radius 3 is 2.35 bits per heavy atom. The number of benzene rings is 2. The number of halogens is 1. The molecule has 8 heteroatoms. The highest BCUT2D eigenvalue weighted by Crippen LogP contribution is 2.20. The van der Waals surface area contributed by atoms with Gasteiger partial charge in [0, 0.05) is 21.7 Å². The standard InChI is InChI=1S/C18H14ClN3O3S/c1-25-14-8-6-13(7-9-14)20-17(24)15-10-26-18(21-15)22-16(23)11-2-4-12(19)5-3-11/h2-10H,1H3,(H,20,24)(H,21,22,23). The molecule has 3 aromatic rings. The van der Waals surface area contributed by atoms with Crippen LogP contribution in [-0.2, 0) is 0 Å². The number of anilines is 2. The average molecular weight is 388 g/mol. The molecule has 26 heavy (non-hydrogen) atoms. The SMILES string of the molecule is COc1ccc(NC(=O)c2csc(NC(=O)c3ccc(Cl)cc3)n2)cc1. The van der Waals surface area contributed by atoms with Crippen LogP contribution in [0.1, 0.15) is 20.8 Å². The van der Waals surface area contributed by atoms with Gasteiger partial charge in [0.05, 0.1) is 7.11 Å². The summed E-state index contributed by atoms with van der Waals surface area (Å²) in [4.78, 5) is 28.6. The van der Waals surface area contributed by atoms with E-state index in [1.807, 2.05) is 0 Å². The molecule has 1 aromatic heterocycles. The number of hydrogen-bond donors (Lipinski definition) is 2. The summed E-state index contributed by atoms with van der Waals surface area (Å²) in [6.45, 7) is 0. The summed E-state index contributed by atoms with van der Waals surface area (Å²) >= 11 is 6.98. The Morgan fingerprint density at radius 2 is 1.69 bits per heavy atom. The third-order valence-electron chi connectivity index (χ3n) is 3.41. The third-order valence-corrected chi connectivity index (χ3v) is 4.42. The Kier molecular flexibility index (Phi) is 5.50. The number of thiazole rings is 1. The van der Waals surface area contributed by atoms with Gasteiger partial charge in [-0.05, 0) is 48.5 Å². The molecular formula is C18H14ClN3O3S. The number of rotatable bonds is 5. The van der Waals surface area contributed by atoms with Crippen LogP contribution in [0.25, 0.3) is 0 Å². The smallest absolute Gasteiger partial charge is 0.275 e. The normalized spacial score (nSPS) is 10.2. The van der Waals surface area contributed by atoms with Gasteiger partial charge in [-0.3, -0.25) is 14.9 Å². The number of hydrogen-bond acceptors (Lipinski definition) is 5. The molecular weight excluding hydrogens is 374 g/mol. The van der Waals surface area contributed by atoms with Crippen molar-refractivity contribution in [2.24, 2.45) is 0 Å². The lowest BCUT2D eigenvalue weighted by molar-refractivity contribution is 0.101. The molecule has 0 radical (unpaired) electrons. The number of ether oxygens (including phenoxy) is 1. The van der Waals surface area contributed by atoms with Gasteiger partial charge in [0.1, 0.15) is 11.4 Å². The van der Waals surface area contributed by atoms with Crippen LogP contribution < -0.4 is 15.4 Å². The number of aromatic nitrogens is 1. The van der Waals surface area contributed by atoms with Crippen molar-refractivity contribution in [2.75, 3.05) is 17.7 Å². The minimum Gasteiger partial charge on any atom is -0.497 e. The van der Waals surface area contributed by atoms with Crippen molar-refractivity contribution in [3.05, 3.63) is 70.2 Å². The lowest BCUT2D eigenvalue weighted by Crippen LogP contribution is -2.14. The summed E-state index contributed by atoms with van der Waals surface area (Å²) in [7, 11) is 1.57. The summed E-state index contributed by atoms with van der Waals surface area (Å²) < 4.78 is 5.07. The molecule has 0 fully saturated rings. The number of carbonyl (C=O) groups is 2. The van der Waals surface area contributed by atoms with Crippen molar-refractivity contribution in [3.8, 4) is 5.75 Å². The molecule has 2 N–H and O–H groups in total. The molecule has 0 aliphatic heterocycles. The van der Waals surface area contributed by atoms with Gasteiger partial charge in [-0.15, -0.1) is 11.3 Å². The van der Waals surface area contributed by atoms with Crippen LogP contribution in [0.3, 0.4) is 0 Å². The zero-order valence-corrected chi connectivity index (χ0v) is 15.2. The van der Waals surface area contributed by atoms with Gasteiger partial charge in [0.15, 0.2) is 5.13 Å². The largest absolute Gasteiger partial charge is 0.497 e. The minimum atomic E-state index is -0.363. The molecule has 0 aliphatic rings. The van der Waals surface area contributed by atoms with Gasteiger partial charge < -0.3 is 10.1 Å². The molecule has 1 heterocycles. The Balaban J connectivity index is 1.63. The van der Waals surface area contributed by atoms with Crippen LogP contribution in [0.15, 0.2) is 53.9 Å². The second-order valence-corrected chi connectivity index (χ2v) is 6.48. The Morgan fingerprint density at radius 1 is 1.00 bits per heavy atom. The van der Waals surface area contributed by atoms with Crippen LogP contribution in [0.4, 0.5) is 10.8 Å². The molecule has 0 saturated carbocycles. The number of nitrogens with one attached hydrogen (secondary N) is 2. The predicted octanol–water partition coefficient (Wildman–Crippen LogP) is 4.31. The highest BCUT2D eigenvalue weighted by Gasteiger charge is 2.13. The molecule has 0 aliphatic carbocycles. The summed E-state index contributed by atoms with van der Waals surface area (Å²) in [6, 6.07) is 13.4. The van der Waals surface area contributed by atoms with Gasteiger partial charge in [-0.1, -0.05) is 11.6 Å². The molecule has 0 bridgehead atoms. The average Bonchev–Trinajstić information content (AvgIpc) is 3.11. The third kappa shape index (κ3) is 4.38. The van der Waals surface area contributed by atoms with E-state index in [2.05, 4.69) is 15.6 Å². The van der Waals surface area contributed by atoms with E-state index in [0.29, 0.717) is 27.2 Å². The van der Waals surface area contributed by atoms with Crippen LogP contribution >= 0.6 is 22.9 Å². The fourth-order valence-corrected chi connectivity index (χ4v) is 2.89. The van der Waals surface area contributed by atoms with Gasteiger partial charge in [-0.25, -0.2) is 4.98 Å². The Hall–Kier alpha value is -2.90. The van der Waals surface area contributed by atoms with E-state index < -0.39 is 0 Å². The quantitative estimate of drug-likeness (QED) is 0.683. The van der Waals surface area contributed by atoms with E-state index in [9.17, 15) is 9.59 Å². The van der Waals surface area contributed by atoms with Crippen molar-refractivity contribution in [1.82, 2.24) is 4.98 Å². The number of carbonyl (C=O) groups excluding carboxylic acids is 2. The second kappa shape index (κ2) is 7.99. The van der Waals surface area contributed by atoms with E-state index in [1.165, 1.54) is 11.3 Å². The van der Waals surface area contributed by atoms with Crippen LogP contribution in [-0.4, -0.2) is 23.9 Å². The maximum absolute atomic E-state index is 12.2. The first-order valence-electron chi connectivity index (χ1n) is 7.53. The molecule has 0 saturated heterocycles. The van der Waals surface area contributed by atoms with E-state index in [-0.39, 0.29) is 17.5 Å². The minimum absolute atomic E-state index is 0.220. The maximum atomic E-state index is 12.2. The first-order chi connectivity index (χ1) is 12.5. The van der Waals surface area contributed by atoms with Crippen molar-refractivity contribution in [1.29, 1.82) is 0 Å². The summed E-state index contributed by atoms with van der Waals surface area (Å²) in [5.74, 6) is 0.0143. The highest BCUT2D eigenvalue weighted by atomic mass is 35.5. The van der Waals surface area contributed by atoms with E-state index in [0.717, 1.165) is 0 Å². The predicted molar refractivity (Wildman–Crippen MR) is 102 cm³/mol. The topological polar surface area (TPSA) is 80.3 Å². The van der Waals surface area contributed by atoms with Gasteiger partial charge in [0.25, 0.3) is 11.8 Å². The fraction of sp³-hybridized carbons (Fsp3) is 0.0556. The molecule has 6 nitrogen and oxygen atoms in total. The first kappa shape index (κ1) is 17.9. The second-order valence-electron chi connectivity index (χ2n) is 5.18. The maximum Gasteiger partial charge on any atom is 0.275 e. The number of amides is 2. The van der Waals surface area contributed by atoms with Gasteiger partial charge >= 0.3 is 0 Å². The first-order valence-corrected chi connectivity index (χ1v) is 8.79. The zero-order chi connectivity index (χ0) is 18.5. The van der Waals surface area contributed by atoms with Crippen molar-refractivity contribution in [3.63, 3.8) is 0 Å². The summed E-state index contributed by atoms with van der Waals surface area (Å²) in [5, 5.41) is 7.86. The molecule has 0 unspecified atom stereocenters. The van der Waals surface area contributed by atoms with Crippen molar-refractivity contribution in [2.45, 2.75) is 0 Å². The van der Waals surface area contributed by atoms with Gasteiger partial charge in [-0.2, -0.15) is 0 Å². The lowest BCUT2D eigenvalue weighted by Gasteiger charge is -2.04.